The molecule has 0 spiro atoms. The van der Waals surface area contributed by atoms with Crippen LogP contribution in [0.3, 0.4) is 0 Å². The summed E-state index contributed by atoms with van der Waals surface area (Å²) in [5, 5.41) is 23.6. The maximum Gasteiger partial charge on any atom is 0.280 e. The van der Waals surface area contributed by atoms with Gasteiger partial charge in [-0.25, -0.2) is 4.98 Å². The molecule has 2 aromatic rings. The van der Waals surface area contributed by atoms with Gasteiger partial charge in [0.1, 0.15) is 5.69 Å². The summed E-state index contributed by atoms with van der Waals surface area (Å²) in [5.41, 5.74) is -1.24. The summed E-state index contributed by atoms with van der Waals surface area (Å²) in [7, 11) is 0. The van der Waals surface area contributed by atoms with Crippen molar-refractivity contribution in [3.05, 3.63) is 38.4 Å². The lowest BCUT2D eigenvalue weighted by Gasteiger charge is -2.24. The number of thiazole rings is 1. The smallest absolute Gasteiger partial charge is 0.280 e. The molecular formula is C23H31Cl2N3O4S. The quantitative estimate of drug-likeness (QED) is 0.448. The van der Waals surface area contributed by atoms with Crippen LogP contribution >= 0.6 is 34.5 Å². The van der Waals surface area contributed by atoms with Crippen molar-refractivity contribution in [2.45, 2.75) is 59.2 Å². The van der Waals surface area contributed by atoms with Gasteiger partial charge in [0.2, 0.25) is 0 Å². The van der Waals surface area contributed by atoms with Crippen LogP contribution in [0.2, 0.25) is 10.0 Å². The van der Waals surface area contributed by atoms with E-state index in [4.69, 9.17) is 23.2 Å². The van der Waals surface area contributed by atoms with E-state index in [9.17, 15) is 19.8 Å². The molecule has 0 aliphatic carbocycles. The molecule has 2 amide bonds. The fraction of sp³-hybridized carbons (Fsp3) is 0.522. The van der Waals surface area contributed by atoms with Crippen LogP contribution in [0, 0.1) is 0 Å². The minimum absolute atomic E-state index is 0.0213. The lowest BCUT2D eigenvalue weighted by Crippen LogP contribution is -2.38. The first-order valence-corrected chi connectivity index (χ1v) is 12.4. The molecule has 0 saturated heterocycles. The van der Waals surface area contributed by atoms with Gasteiger partial charge in [-0.15, -0.1) is 11.3 Å². The molecule has 1 aromatic carbocycles. The van der Waals surface area contributed by atoms with E-state index in [2.05, 4.69) is 10.3 Å². The summed E-state index contributed by atoms with van der Waals surface area (Å²) in [6, 6.07) is 3.35. The number of halogens is 2. The molecule has 0 unspecified atom stereocenters. The van der Waals surface area contributed by atoms with Crippen LogP contribution in [0.1, 0.15) is 73.8 Å². The number of rotatable bonds is 9. The van der Waals surface area contributed by atoms with Crippen molar-refractivity contribution in [3.8, 4) is 10.4 Å². The highest BCUT2D eigenvalue weighted by molar-refractivity contribution is 7.17. The first-order valence-electron chi connectivity index (χ1n) is 10.8. The van der Waals surface area contributed by atoms with E-state index in [1.165, 1.54) is 0 Å². The second-order valence-electron chi connectivity index (χ2n) is 8.59. The normalized spacial score (nSPS) is 13.5. The van der Waals surface area contributed by atoms with Gasteiger partial charge in [0.05, 0.1) is 26.1 Å². The molecule has 0 aliphatic heterocycles. The molecule has 10 heteroatoms. The zero-order valence-electron chi connectivity index (χ0n) is 19.8. The molecule has 7 nitrogen and oxygen atoms in total. The predicted molar refractivity (Wildman–Crippen MR) is 133 cm³/mol. The number of hydrogen-bond donors (Lipinski definition) is 3. The van der Waals surface area contributed by atoms with Crippen molar-refractivity contribution in [2.24, 2.45) is 0 Å². The monoisotopic (exact) mass is 515 g/mol. The first kappa shape index (κ1) is 27.5. The van der Waals surface area contributed by atoms with Crippen LogP contribution < -0.4 is 5.32 Å². The Kier molecular flexibility index (Phi) is 8.92. The summed E-state index contributed by atoms with van der Waals surface area (Å²) in [5.74, 6) is -0.834. The van der Waals surface area contributed by atoms with E-state index in [1.54, 1.807) is 37.8 Å². The second kappa shape index (κ2) is 10.7. The Morgan fingerprint density at radius 2 is 1.70 bits per heavy atom. The standard InChI is InChI=1S/C23H31Cl2N3O4S/c1-7-23(6,32)14-11-10-13(15(24)16(14)25)18-17(21(30)28(8-2)9-3)27-20(33-18)19(29)26-12-22(4,5)31/h10-11,31-32H,7-9,12H2,1-6H3,(H,26,29)/t23-/m0/s1. The van der Waals surface area contributed by atoms with E-state index in [1.807, 2.05) is 20.8 Å². The third-order valence-electron chi connectivity index (χ3n) is 5.35. The number of carbonyl (C=O) groups excluding carboxylic acids is 2. The Labute approximate surface area is 208 Å². The molecule has 33 heavy (non-hydrogen) atoms. The number of hydrogen-bond acceptors (Lipinski definition) is 6. The average Bonchev–Trinajstić information content (AvgIpc) is 3.19. The van der Waals surface area contributed by atoms with Gasteiger partial charge in [0.15, 0.2) is 5.01 Å². The molecule has 0 bridgehead atoms. The molecule has 1 heterocycles. The highest BCUT2D eigenvalue weighted by Gasteiger charge is 2.30. The van der Waals surface area contributed by atoms with Crippen molar-refractivity contribution < 1.29 is 19.8 Å². The molecule has 182 valence electrons. The fourth-order valence-electron chi connectivity index (χ4n) is 3.11. The number of nitrogens with one attached hydrogen (secondary N) is 1. The molecule has 0 fully saturated rings. The van der Waals surface area contributed by atoms with Crippen LogP contribution in [0.25, 0.3) is 10.4 Å². The number of amides is 2. The molecular weight excluding hydrogens is 485 g/mol. The Morgan fingerprint density at radius 3 is 2.21 bits per heavy atom. The van der Waals surface area contributed by atoms with Crippen molar-refractivity contribution >= 4 is 46.4 Å². The van der Waals surface area contributed by atoms with Gasteiger partial charge >= 0.3 is 0 Å². The minimum Gasteiger partial charge on any atom is -0.389 e. The predicted octanol–water partition coefficient (Wildman–Crippen LogP) is 4.72. The summed E-state index contributed by atoms with van der Waals surface area (Å²) in [6.07, 6.45) is 0.431. The van der Waals surface area contributed by atoms with Crippen LogP contribution in [0.4, 0.5) is 0 Å². The SMILES string of the molecule is CCN(CC)C(=O)c1nc(C(=O)NCC(C)(C)O)sc1-c1ccc([C@@](C)(O)CC)c(Cl)c1Cl. The third-order valence-corrected chi connectivity index (χ3v) is 7.32. The second-order valence-corrected chi connectivity index (χ2v) is 10.3. The fourth-order valence-corrected chi connectivity index (χ4v) is 4.80. The Hall–Kier alpha value is -1.71. The van der Waals surface area contributed by atoms with Gasteiger partial charge in [-0.2, -0.15) is 0 Å². The molecule has 2 rings (SSSR count). The van der Waals surface area contributed by atoms with Crippen LogP contribution in [0.5, 0.6) is 0 Å². The van der Waals surface area contributed by atoms with Crippen molar-refractivity contribution in [2.75, 3.05) is 19.6 Å². The molecule has 1 aromatic heterocycles. The Bertz CT molecular complexity index is 1030. The van der Waals surface area contributed by atoms with Gasteiger partial charge in [0.25, 0.3) is 11.8 Å². The van der Waals surface area contributed by atoms with Crippen LogP contribution in [0.15, 0.2) is 12.1 Å². The third kappa shape index (κ3) is 6.25. The largest absolute Gasteiger partial charge is 0.389 e. The van der Waals surface area contributed by atoms with Gasteiger partial charge in [0, 0.05) is 30.8 Å². The number of nitrogens with zero attached hydrogens (tertiary/aromatic N) is 2. The van der Waals surface area contributed by atoms with Crippen LogP contribution in [-0.2, 0) is 5.60 Å². The van der Waals surface area contributed by atoms with Crippen LogP contribution in [-0.4, -0.2) is 57.1 Å². The molecule has 0 radical (unpaired) electrons. The average molecular weight is 516 g/mol. The van der Waals surface area contributed by atoms with E-state index < -0.39 is 17.1 Å². The topological polar surface area (TPSA) is 103 Å². The lowest BCUT2D eigenvalue weighted by atomic mass is 9.92. The van der Waals surface area contributed by atoms with E-state index in [-0.39, 0.29) is 33.2 Å². The van der Waals surface area contributed by atoms with E-state index in [0.29, 0.717) is 35.5 Å². The summed E-state index contributed by atoms with van der Waals surface area (Å²) < 4.78 is 0. The van der Waals surface area contributed by atoms with Crippen molar-refractivity contribution in [3.63, 3.8) is 0 Å². The molecule has 0 aliphatic rings. The van der Waals surface area contributed by atoms with Gasteiger partial charge < -0.3 is 20.4 Å². The lowest BCUT2D eigenvalue weighted by molar-refractivity contribution is 0.0532. The van der Waals surface area contributed by atoms with Gasteiger partial charge in [-0.05, 0) is 41.0 Å². The maximum atomic E-state index is 13.2. The molecule has 3 N–H and O–H groups in total. The zero-order valence-corrected chi connectivity index (χ0v) is 22.1. The molecule has 0 saturated carbocycles. The first-order chi connectivity index (χ1) is 15.3. The highest BCUT2D eigenvalue weighted by Crippen LogP contribution is 2.43. The van der Waals surface area contributed by atoms with Crippen molar-refractivity contribution in [1.29, 1.82) is 0 Å². The van der Waals surface area contributed by atoms with Gasteiger partial charge in [-0.1, -0.05) is 42.3 Å². The Morgan fingerprint density at radius 1 is 1.09 bits per heavy atom. The van der Waals surface area contributed by atoms with E-state index in [0.717, 1.165) is 11.3 Å². The zero-order chi connectivity index (χ0) is 25.1. The number of aromatic nitrogens is 1. The van der Waals surface area contributed by atoms with Crippen molar-refractivity contribution in [1.82, 2.24) is 15.2 Å². The summed E-state index contributed by atoms with van der Waals surface area (Å²) in [4.78, 5) is 32.3. The number of carbonyl (C=O) groups is 2. The molecule has 1 atom stereocenters. The maximum absolute atomic E-state index is 13.2. The Balaban J connectivity index is 2.63. The highest BCUT2D eigenvalue weighted by atomic mass is 35.5. The number of aliphatic hydroxyl groups is 2. The summed E-state index contributed by atoms with van der Waals surface area (Å²) in [6.45, 7) is 11.3. The minimum atomic E-state index is -1.17. The summed E-state index contributed by atoms with van der Waals surface area (Å²) >= 11 is 14.1. The van der Waals surface area contributed by atoms with Gasteiger partial charge in [-0.3, -0.25) is 9.59 Å². The van der Waals surface area contributed by atoms with E-state index >= 15 is 0 Å². The number of benzene rings is 1.